The highest BCUT2D eigenvalue weighted by Gasteiger charge is 2.26. The zero-order chi connectivity index (χ0) is 11.8. The molecule has 0 spiro atoms. The van der Waals surface area contributed by atoms with E-state index < -0.39 is 0 Å². The first-order chi connectivity index (χ1) is 7.01. The largest absolute Gasteiger partial charge is 0.373 e. The number of nitrogens with one attached hydrogen (secondary N) is 1. The molecule has 1 saturated heterocycles. The van der Waals surface area contributed by atoms with Crippen molar-refractivity contribution in [3.8, 4) is 0 Å². The summed E-state index contributed by atoms with van der Waals surface area (Å²) in [6, 6.07) is -0.195. The third-order valence-corrected chi connectivity index (χ3v) is 1.99. The summed E-state index contributed by atoms with van der Waals surface area (Å²) in [5, 5.41) is 2.67. The van der Waals surface area contributed by atoms with Crippen molar-refractivity contribution in [1.82, 2.24) is 5.32 Å². The van der Waals surface area contributed by atoms with Crippen molar-refractivity contribution in [2.75, 3.05) is 0 Å². The highest BCUT2D eigenvalue weighted by molar-refractivity contribution is 5.92. The lowest BCUT2D eigenvalue weighted by Gasteiger charge is -2.09. The monoisotopic (exact) mass is 213 g/mol. The molecule has 0 radical (unpaired) electrons. The number of Topliss-reactive ketones (excluding diaryl/α,β-unsaturated/α-hetero) is 1. The maximum absolute atomic E-state index is 11.4. The molecule has 15 heavy (non-hydrogen) atoms. The second-order valence-corrected chi connectivity index (χ2v) is 3.81. The van der Waals surface area contributed by atoms with Gasteiger partial charge >= 0.3 is 6.15 Å². The van der Waals surface area contributed by atoms with E-state index in [0.717, 1.165) is 0 Å². The first kappa shape index (κ1) is 13.5. The van der Waals surface area contributed by atoms with Crippen molar-refractivity contribution >= 4 is 17.8 Å². The van der Waals surface area contributed by atoms with Crippen molar-refractivity contribution in [1.29, 1.82) is 0 Å². The highest BCUT2D eigenvalue weighted by atomic mass is 16.2. The molecule has 1 fully saturated rings. The molecule has 1 N–H and O–H groups in total. The number of carbonyl (C=O) groups is 2. The van der Waals surface area contributed by atoms with Gasteiger partial charge in [-0.05, 0) is 12.3 Å². The Kier molecular flexibility index (Phi) is 6.22. The van der Waals surface area contributed by atoms with Crippen LogP contribution in [0.15, 0.2) is 0 Å². The highest BCUT2D eigenvalue weighted by Crippen LogP contribution is 2.11. The van der Waals surface area contributed by atoms with Crippen molar-refractivity contribution in [2.24, 2.45) is 5.92 Å². The van der Waals surface area contributed by atoms with Gasteiger partial charge in [0.05, 0.1) is 6.04 Å². The molecule has 0 saturated carbocycles. The molecule has 1 aliphatic heterocycles. The van der Waals surface area contributed by atoms with Gasteiger partial charge in [0.1, 0.15) is 0 Å². The normalized spacial score (nSPS) is 18.9. The maximum Gasteiger partial charge on any atom is 0.373 e. The van der Waals surface area contributed by atoms with Crippen LogP contribution >= 0.6 is 0 Å². The fraction of sp³-hybridized carbons (Fsp3) is 0.700. The molecule has 0 aromatic carbocycles. The lowest BCUT2D eigenvalue weighted by atomic mass is 10.0. The SMILES string of the molecule is CC(C)CC(=O)[C@@H]1CCC(=O)N1.O=C=O. The molecule has 5 nitrogen and oxygen atoms in total. The summed E-state index contributed by atoms with van der Waals surface area (Å²) in [4.78, 5) is 38.4. The molecule has 84 valence electrons. The second-order valence-electron chi connectivity index (χ2n) is 3.81. The fourth-order valence-electron chi connectivity index (χ4n) is 1.40. The van der Waals surface area contributed by atoms with Crippen molar-refractivity contribution < 1.29 is 19.2 Å². The van der Waals surface area contributed by atoms with E-state index in [2.05, 4.69) is 5.32 Å². The maximum atomic E-state index is 11.4. The molecule has 1 atom stereocenters. The lowest BCUT2D eigenvalue weighted by Crippen LogP contribution is -2.33. The van der Waals surface area contributed by atoms with Crippen LogP contribution in [-0.2, 0) is 19.2 Å². The van der Waals surface area contributed by atoms with Crippen LogP contribution in [0.5, 0.6) is 0 Å². The van der Waals surface area contributed by atoms with Crippen LogP contribution in [0.2, 0.25) is 0 Å². The number of carbonyl (C=O) groups excluding carboxylic acids is 4. The van der Waals surface area contributed by atoms with E-state index in [-0.39, 0.29) is 23.9 Å². The molecule has 0 unspecified atom stereocenters. The topological polar surface area (TPSA) is 80.3 Å². The Morgan fingerprint density at radius 2 is 2.07 bits per heavy atom. The van der Waals surface area contributed by atoms with Gasteiger partial charge in [0.2, 0.25) is 5.91 Å². The number of rotatable bonds is 3. The summed E-state index contributed by atoms with van der Waals surface area (Å²) in [5.74, 6) is 0.572. The molecular formula is C10H15NO4. The smallest absolute Gasteiger partial charge is 0.346 e. The van der Waals surface area contributed by atoms with E-state index in [9.17, 15) is 9.59 Å². The molecule has 1 aliphatic rings. The van der Waals surface area contributed by atoms with Crippen molar-refractivity contribution in [3.05, 3.63) is 0 Å². The molecule has 1 heterocycles. The minimum absolute atomic E-state index is 0.0112. The van der Waals surface area contributed by atoms with E-state index in [1.54, 1.807) is 0 Å². The molecule has 0 aliphatic carbocycles. The average Bonchev–Trinajstić information content (AvgIpc) is 2.52. The zero-order valence-corrected chi connectivity index (χ0v) is 8.91. The van der Waals surface area contributed by atoms with Gasteiger partial charge < -0.3 is 5.32 Å². The zero-order valence-electron chi connectivity index (χ0n) is 8.91. The van der Waals surface area contributed by atoms with Crippen LogP contribution in [0, 0.1) is 5.92 Å². The van der Waals surface area contributed by atoms with Crippen LogP contribution in [-0.4, -0.2) is 23.9 Å². The third kappa shape index (κ3) is 5.75. The Labute approximate surface area is 88.2 Å². The Bertz CT molecular complexity index is 267. The quantitative estimate of drug-likeness (QED) is 0.731. The van der Waals surface area contributed by atoms with Crippen LogP contribution < -0.4 is 5.32 Å². The Balaban J connectivity index is 0.000000583. The predicted molar refractivity (Wildman–Crippen MR) is 50.6 cm³/mol. The summed E-state index contributed by atoms with van der Waals surface area (Å²) < 4.78 is 0. The molecule has 1 rings (SSSR count). The minimum atomic E-state index is -0.195. The summed E-state index contributed by atoms with van der Waals surface area (Å²) in [6.45, 7) is 4.02. The third-order valence-electron chi connectivity index (χ3n) is 1.99. The first-order valence-electron chi connectivity index (χ1n) is 4.82. The second kappa shape index (κ2) is 6.90. The Morgan fingerprint density at radius 1 is 1.53 bits per heavy atom. The summed E-state index contributed by atoms with van der Waals surface area (Å²) in [6.07, 6.45) is 2.02. The van der Waals surface area contributed by atoms with Crippen LogP contribution in [0.1, 0.15) is 33.1 Å². The number of hydrogen-bond acceptors (Lipinski definition) is 4. The van der Waals surface area contributed by atoms with E-state index in [0.29, 0.717) is 25.2 Å². The van der Waals surface area contributed by atoms with Crippen molar-refractivity contribution in [3.63, 3.8) is 0 Å². The van der Waals surface area contributed by atoms with E-state index in [1.807, 2.05) is 13.8 Å². The van der Waals surface area contributed by atoms with E-state index in [4.69, 9.17) is 9.59 Å². The fourth-order valence-corrected chi connectivity index (χ4v) is 1.40. The Hall–Kier alpha value is -1.48. The van der Waals surface area contributed by atoms with E-state index in [1.165, 1.54) is 0 Å². The number of amides is 1. The molecule has 1 amide bonds. The molecular weight excluding hydrogens is 198 g/mol. The summed E-state index contributed by atoms with van der Waals surface area (Å²) >= 11 is 0. The van der Waals surface area contributed by atoms with Crippen LogP contribution in [0.25, 0.3) is 0 Å². The lowest BCUT2D eigenvalue weighted by molar-refractivity contribution is -0.191. The average molecular weight is 213 g/mol. The van der Waals surface area contributed by atoms with Gasteiger partial charge in [0.25, 0.3) is 0 Å². The number of ketones is 1. The molecule has 0 aromatic rings. The van der Waals surface area contributed by atoms with Crippen molar-refractivity contribution in [2.45, 2.75) is 39.2 Å². The predicted octanol–water partition coefficient (Wildman–Crippen LogP) is 0.297. The van der Waals surface area contributed by atoms with Crippen LogP contribution in [0.4, 0.5) is 0 Å². The standard InChI is InChI=1S/C9H15NO2.CO2/c1-6(2)5-8(11)7-3-4-9(12)10-7;2-1-3/h6-7H,3-5H2,1-2H3,(H,10,12);/t7-;/m0./s1. The van der Waals surface area contributed by atoms with Gasteiger partial charge in [-0.25, -0.2) is 0 Å². The molecule has 5 heteroatoms. The van der Waals surface area contributed by atoms with Gasteiger partial charge in [-0.15, -0.1) is 0 Å². The molecule has 0 aromatic heterocycles. The van der Waals surface area contributed by atoms with Gasteiger partial charge in [-0.1, -0.05) is 13.8 Å². The summed E-state index contributed by atoms with van der Waals surface area (Å²) in [7, 11) is 0. The van der Waals surface area contributed by atoms with Gasteiger partial charge in [-0.3, -0.25) is 9.59 Å². The summed E-state index contributed by atoms with van der Waals surface area (Å²) in [5.41, 5.74) is 0. The molecule has 0 bridgehead atoms. The van der Waals surface area contributed by atoms with Crippen LogP contribution in [0.3, 0.4) is 0 Å². The first-order valence-corrected chi connectivity index (χ1v) is 4.82. The number of hydrogen-bond donors (Lipinski definition) is 1. The van der Waals surface area contributed by atoms with Gasteiger partial charge in [0, 0.05) is 12.8 Å². The van der Waals surface area contributed by atoms with E-state index >= 15 is 0 Å². The van der Waals surface area contributed by atoms with Gasteiger partial charge in [0.15, 0.2) is 5.78 Å². The minimum Gasteiger partial charge on any atom is -0.346 e. The van der Waals surface area contributed by atoms with Gasteiger partial charge in [-0.2, -0.15) is 9.59 Å². The Morgan fingerprint density at radius 3 is 2.40 bits per heavy atom.